The lowest BCUT2D eigenvalue weighted by Crippen LogP contribution is -2.46. The summed E-state index contributed by atoms with van der Waals surface area (Å²) in [4.78, 5) is 19.0. The highest BCUT2D eigenvalue weighted by atomic mass is 16.6. The number of pyridine rings is 1. The average molecular weight is 394 g/mol. The minimum absolute atomic E-state index is 0.0196. The van der Waals surface area contributed by atoms with Gasteiger partial charge in [0.05, 0.1) is 30.4 Å². The van der Waals surface area contributed by atoms with Crippen LogP contribution < -0.4 is 14.4 Å². The molecule has 2 aromatic rings. The zero-order valence-corrected chi connectivity index (χ0v) is 16.4. The maximum Gasteiger partial charge on any atom is 0.311 e. The van der Waals surface area contributed by atoms with Crippen molar-refractivity contribution in [1.29, 1.82) is 0 Å². The van der Waals surface area contributed by atoms with Crippen molar-refractivity contribution >= 4 is 11.5 Å². The zero-order chi connectivity index (χ0) is 20.8. The predicted octanol–water partition coefficient (Wildman–Crippen LogP) is 2.69. The molecular weight excluding hydrogens is 372 g/mol. The van der Waals surface area contributed by atoms with Crippen LogP contribution in [0.5, 0.6) is 11.5 Å². The number of hydrogen-bond acceptors (Lipinski definition) is 7. The van der Waals surface area contributed by atoms with E-state index in [1.807, 2.05) is 17.0 Å². The molecule has 150 valence electrons. The van der Waals surface area contributed by atoms with Gasteiger partial charge in [-0.1, -0.05) is 12.5 Å². The van der Waals surface area contributed by atoms with Gasteiger partial charge in [0.2, 0.25) is 5.82 Å². The Labute approximate surface area is 169 Å². The molecule has 0 bridgehead atoms. The second-order valence-electron chi connectivity index (χ2n) is 6.34. The summed E-state index contributed by atoms with van der Waals surface area (Å²) in [6, 6.07) is 8.50. The topological polar surface area (TPSA) is 81.0 Å². The lowest BCUT2D eigenvalue weighted by Gasteiger charge is -2.35. The van der Waals surface area contributed by atoms with E-state index in [9.17, 15) is 10.1 Å². The molecule has 1 aliphatic heterocycles. The van der Waals surface area contributed by atoms with E-state index < -0.39 is 4.92 Å². The van der Waals surface area contributed by atoms with Gasteiger partial charge in [-0.15, -0.1) is 0 Å². The molecule has 0 atom stereocenters. The van der Waals surface area contributed by atoms with Crippen LogP contribution in [0.3, 0.4) is 0 Å². The standard InChI is InChI=1S/C21H22N4O4/c1-16(6-7-17-8-9-18(28-2)15-20(17)29-3)23-11-13-24(14-12-23)21-19(25(26)27)5-4-10-22-21/h4-5,8-10,15H,1,11-14H2,2-3H3. The van der Waals surface area contributed by atoms with Gasteiger partial charge >= 0.3 is 5.69 Å². The first-order valence-electron chi connectivity index (χ1n) is 9.05. The minimum Gasteiger partial charge on any atom is -0.497 e. The molecule has 0 amide bonds. The van der Waals surface area contributed by atoms with Gasteiger partial charge in [-0.05, 0) is 24.1 Å². The Hall–Kier alpha value is -3.73. The summed E-state index contributed by atoms with van der Waals surface area (Å²) < 4.78 is 10.6. The summed E-state index contributed by atoms with van der Waals surface area (Å²) in [7, 11) is 3.19. The molecule has 0 unspecified atom stereocenters. The quantitative estimate of drug-likeness (QED) is 0.438. The second-order valence-corrected chi connectivity index (χ2v) is 6.34. The summed E-state index contributed by atoms with van der Waals surface area (Å²) in [6.07, 6.45) is 1.57. The van der Waals surface area contributed by atoms with Crippen LogP contribution in [0.1, 0.15) is 5.56 Å². The molecule has 1 aliphatic rings. The number of ether oxygens (including phenoxy) is 2. The number of piperazine rings is 1. The zero-order valence-electron chi connectivity index (χ0n) is 16.4. The highest BCUT2D eigenvalue weighted by Gasteiger charge is 2.24. The molecule has 29 heavy (non-hydrogen) atoms. The van der Waals surface area contributed by atoms with Crippen molar-refractivity contribution in [3.63, 3.8) is 0 Å². The number of methoxy groups -OCH3 is 2. The van der Waals surface area contributed by atoms with E-state index in [4.69, 9.17) is 9.47 Å². The van der Waals surface area contributed by atoms with E-state index in [1.165, 1.54) is 6.07 Å². The van der Waals surface area contributed by atoms with Crippen molar-refractivity contribution in [3.05, 3.63) is 64.5 Å². The summed E-state index contributed by atoms with van der Waals surface area (Å²) >= 11 is 0. The van der Waals surface area contributed by atoms with Crippen molar-refractivity contribution in [1.82, 2.24) is 9.88 Å². The minimum atomic E-state index is -0.401. The Morgan fingerprint density at radius 1 is 1.21 bits per heavy atom. The number of hydrogen-bond donors (Lipinski definition) is 0. The SMILES string of the molecule is C=C(C#Cc1ccc(OC)cc1OC)N1CCN(c2ncccc2[N+](=O)[O-])CC1. The summed E-state index contributed by atoms with van der Waals surface area (Å²) in [6.45, 7) is 6.58. The van der Waals surface area contributed by atoms with E-state index >= 15 is 0 Å². The molecule has 0 radical (unpaired) electrons. The summed E-state index contributed by atoms with van der Waals surface area (Å²) in [5.74, 6) is 7.91. The predicted molar refractivity (Wildman–Crippen MR) is 110 cm³/mol. The largest absolute Gasteiger partial charge is 0.497 e. The Kier molecular flexibility index (Phi) is 6.19. The molecule has 8 nitrogen and oxygen atoms in total. The highest BCUT2D eigenvalue weighted by Crippen LogP contribution is 2.26. The lowest BCUT2D eigenvalue weighted by molar-refractivity contribution is -0.384. The van der Waals surface area contributed by atoms with Gasteiger partial charge in [0.1, 0.15) is 11.5 Å². The molecule has 8 heteroatoms. The van der Waals surface area contributed by atoms with Gasteiger partial charge in [-0.25, -0.2) is 4.98 Å². The van der Waals surface area contributed by atoms with Crippen molar-refractivity contribution in [2.45, 2.75) is 0 Å². The number of nitrogens with zero attached hydrogens (tertiary/aromatic N) is 4. The van der Waals surface area contributed by atoms with Crippen molar-refractivity contribution < 1.29 is 14.4 Å². The Morgan fingerprint density at radius 2 is 1.97 bits per heavy atom. The van der Waals surface area contributed by atoms with E-state index in [0.29, 0.717) is 49.2 Å². The lowest BCUT2D eigenvalue weighted by atomic mass is 10.2. The van der Waals surface area contributed by atoms with Crippen LogP contribution in [0, 0.1) is 22.0 Å². The fourth-order valence-corrected chi connectivity index (χ4v) is 3.08. The van der Waals surface area contributed by atoms with Gasteiger partial charge < -0.3 is 19.3 Å². The van der Waals surface area contributed by atoms with E-state index in [-0.39, 0.29) is 5.69 Å². The van der Waals surface area contributed by atoms with Gasteiger partial charge in [0.25, 0.3) is 0 Å². The first-order chi connectivity index (χ1) is 14.0. The third-order valence-corrected chi connectivity index (χ3v) is 4.67. The van der Waals surface area contributed by atoms with Crippen LogP contribution in [-0.4, -0.2) is 55.2 Å². The van der Waals surface area contributed by atoms with Gasteiger partial charge in [0, 0.05) is 44.5 Å². The monoisotopic (exact) mass is 394 g/mol. The first-order valence-corrected chi connectivity index (χ1v) is 9.05. The second kappa shape index (κ2) is 8.97. The highest BCUT2D eigenvalue weighted by molar-refractivity contribution is 5.57. The van der Waals surface area contributed by atoms with Crippen LogP contribution in [0.25, 0.3) is 0 Å². The van der Waals surface area contributed by atoms with Crippen molar-refractivity contribution in [3.8, 4) is 23.3 Å². The molecule has 0 saturated carbocycles. The smallest absolute Gasteiger partial charge is 0.311 e. The summed E-state index contributed by atoms with van der Waals surface area (Å²) in [5, 5.41) is 11.2. The third-order valence-electron chi connectivity index (χ3n) is 4.67. The van der Waals surface area contributed by atoms with E-state index in [1.54, 1.807) is 32.5 Å². The number of benzene rings is 1. The molecule has 1 aromatic heterocycles. The molecule has 0 spiro atoms. The summed E-state index contributed by atoms with van der Waals surface area (Å²) in [5.41, 5.74) is 1.46. The molecule has 2 heterocycles. The number of aromatic nitrogens is 1. The van der Waals surface area contributed by atoms with Gasteiger partial charge in [-0.2, -0.15) is 0 Å². The van der Waals surface area contributed by atoms with Crippen molar-refractivity contribution in [2.75, 3.05) is 45.3 Å². The van der Waals surface area contributed by atoms with Crippen LogP contribution in [-0.2, 0) is 0 Å². The Bertz CT molecular complexity index is 972. The molecule has 3 rings (SSSR count). The van der Waals surface area contributed by atoms with E-state index in [0.717, 1.165) is 5.56 Å². The fourth-order valence-electron chi connectivity index (χ4n) is 3.08. The Morgan fingerprint density at radius 3 is 2.62 bits per heavy atom. The maximum absolute atomic E-state index is 11.2. The molecule has 1 saturated heterocycles. The molecule has 1 aromatic carbocycles. The van der Waals surface area contributed by atoms with Crippen LogP contribution in [0.2, 0.25) is 0 Å². The van der Waals surface area contributed by atoms with Gasteiger partial charge in [0.15, 0.2) is 0 Å². The normalized spacial score (nSPS) is 13.3. The molecule has 0 aliphatic carbocycles. The first kappa shape index (κ1) is 20.0. The molecule has 0 N–H and O–H groups in total. The number of allylic oxidation sites excluding steroid dienone is 1. The molecule has 1 fully saturated rings. The van der Waals surface area contributed by atoms with E-state index in [2.05, 4.69) is 28.3 Å². The Balaban J connectivity index is 1.66. The van der Waals surface area contributed by atoms with Crippen LogP contribution in [0.4, 0.5) is 11.5 Å². The van der Waals surface area contributed by atoms with Crippen LogP contribution in [0.15, 0.2) is 48.8 Å². The van der Waals surface area contributed by atoms with Crippen LogP contribution >= 0.6 is 0 Å². The fraction of sp³-hybridized carbons (Fsp3) is 0.286. The maximum atomic E-state index is 11.2. The molecular formula is C21H22N4O4. The average Bonchev–Trinajstić information content (AvgIpc) is 2.77. The number of nitro groups is 1. The number of rotatable bonds is 5. The van der Waals surface area contributed by atoms with Crippen molar-refractivity contribution in [2.24, 2.45) is 0 Å². The van der Waals surface area contributed by atoms with Gasteiger partial charge in [-0.3, -0.25) is 10.1 Å². The third kappa shape index (κ3) is 4.58. The number of anilines is 1.